The van der Waals surface area contributed by atoms with Crippen LogP contribution in [0.5, 0.6) is 0 Å². The Kier molecular flexibility index (Phi) is 3.89. The zero-order chi connectivity index (χ0) is 14.0. The molecule has 0 aromatic carbocycles. The number of hydrogen-bond acceptors (Lipinski definition) is 4. The summed E-state index contributed by atoms with van der Waals surface area (Å²) in [6.45, 7) is 9.16. The third-order valence-electron chi connectivity index (χ3n) is 2.53. The summed E-state index contributed by atoms with van der Waals surface area (Å²) in [5, 5.41) is 7.50. The highest BCUT2D eigenvalue weighted by Crippen LogP contribution is 2.22. The van der Waals surface area contributed by atoms with Gasteiger partial charge in [-0.15, -0.1) is 0 Å². The molecule has 1 N–H and O–H groups in total. The molecule has 0 spiro atoms. The summed E-state index contributed by atoms with van der Waals surface area (Å²) < 4.78 is 2.66. The van der Waals surface area contributed by atoms with Crippen LogP contribution in [0.1, 0.15) is 33.5 Å². The minimum absolute atomic E-state index is 0.107. The van der Waals surface area contributed by atoms with Gasteiger partial charge in [-0.25, -0.2) is 14.6 Å². The summed E-state index contributed by atoms with van der Waals surface area (Å²) >= 11 is 3.39. The summed E-state index contributed by atoms with van der Waals surface area (Å²) in [6.07, 6.45) is 3.62. The minimum atomic E-state index is -0.107. The molecule has 0 aliphatic rings. The smallest absolute Gasteiger partial charge is 0.159 e. The van der Waals surface area contributed by atoms with Crippen LogP contribution in [0.3, 0.4) is 0 Å². The van der Waals surface area contributed by atoms with Crippen LogP contribution >= 0.6 is 15.9 Å². The van der Waals surface area contributed by atoms with E-state index in [1.54, 1.807) is 10.9 Å². The van der Waals surface area contributed by atoms with Crippen LogP contribution in [0.2, 0.25) is 0 Å². The molecule has 0 saturated heterocycles. The minimum Gasteiger partial charge on any atom is -0.370 e. The summed E-state index contributed by atoms with van der Waals surface area (Å²) in [5.41, 5.74) is -0.107. The van der Waals surface area contributed by atoms with Crippen molar-refractivity contribution in [1.29, 1.82) is 0 Å². The maximum Gasteiger partial charge on any atom is 0.159 e. The second-order valence-corrected chi connectivity index (χ2v) is 6.23. The fraction of sp³-hybridized carbons (Fsp3) is 0.462. The summed E-state index contributed by atoms with van der Waals surface area (Å²) in [7, 11) is 0. The predicted octanol–water partition coefficient (Wildman–Crippen LogP) is 3.15. The zero-order valence-electron chi connectivity index (χ0n) is 11.6. The van der Waals surface area contributed by atoms with E-state index in [1.807, 2.05) is 19.2 Å². The molecule has 0 bridgehead atoms. The molecule has 0 radical (unpaired) electrons. The van der Waals surface area contributed by atoms with Crippen molar-refractivity contribution in [2.75, 3.05) is 11.9 Å². The maximum atomic E-state index is 4.60. The van der Waals surface area contributed by atoms with E-state index in [0.29, 0.717) is 0 Å². The molecule has 0 atom stereocenters. The van der Waals surface area contributed by atoms with Crippen molar-refractivity contribution in [3.05, 3.63) is 28.8 Å². The molecule has 0 fully saturated rings. The zero-order valence-corrected chi connectivity index (χ0v) is 13.2. The van der Waals surface area contributed by atoms with Crippen LogP contribution in [0.25, 0.3) is 5.82 Å². The van der Waals surface area contributed by atoms with Crippen LogP contribution in [0.15, 0.2) is 22.9 Å². The van der Waals surface area contributed by atoms with E-state index in [4.69, 9.17) is 0 Å². The van der Waals surface area contributed by atoms with Crippen molar-refractivity contribution in [3.8, 4) is 5.82 Å². The number of nitrogens with zero attached hydrogens (tertiary/aromatic N) is 4. The number of halogens is 1. The van der Waals surface area contributed by atoms with Crippen LogP contribution < -0.4 is 5.32 Å². The first kappa shape index (κ1) is 14.0. The Morgan fingerprint density at radius 3 is 2.58 bits per heavy atom. The largest absolute Gasteiger partial charge is 0.370 e. The SMILES string of the molecule is CCNc1cc(-n2cc(Br)cn2)nc(C(C)(C)C)n1. The first-order chi connectivity index (χ1) is 8.90. The van der Waals surface area contributed by atoms with E-state index < -0.39 is 0 Å². The molecule has 0 amide bonds. The molecule has 2 aromatic heterocycles. The molecule has 0 aliphatic heterocycles. The Morgan fingerprint density at radius 1 is 1.32 bits per heavy atom. The highest BCUT2D eigenvalue weighted by molar-refractivity contribution is 9.10. The van der Waals surface area contributed by atoms with E-state index in [9.17, 15) is 0 Å². The fourth-order valence-electron chi connectivity index (χ4n) is 1.59. The van der Waals surface area contributed by atoms with Gasteiger partial charge in [0.1, 0.15) is 11.6 Å². The lowest BCUT2D eigenvalue weighted by Crippen LogP contribution is -2.19. The van der Waals surface area contributed by atoms with Crippen LogP contribution in [-0.4, -0.2) is 26.3 Å². The van der Waals surface area contributed by atoms with Crippen molar-refractivity contribution in [1.82, 2.24) is 19.7 Å². The van der Waals surface area contributed by atoms with Crippen LogP contribution in [0, 0.1) is 0 Å². The van der Waals surface area contributed by atoms with Gasteiger partial charge >= 0.3 is 0 Å². The highest BCUT2D eigenvalue weighted by Gasteiger charge is 2.19. The van der Waals surface area contributed by atoms with Gasteiger partial charge in [-0.2, -0.15) is 5.10 Å². The molecule has 2 aromatic rings. The molecule has 6 heteroatoms. The quantitative estimate of drug-likeness (QED) is 0.942. The third-order valence-corrected chi connectivity index (χ3v) is 2.94. The van der Waals surface area contributed by atoms with Crippen molar-refractivity contribution in [2.24, 2.45) is 0 Å². The standard InChI is InChI=1S/C13H18BrN5/c1-5-15-10-6-11(19-8-9(14)7-16-19)18-12(17-10)13(2,3)4/h6-8H,5H2,1-4H3,(H,15,17,18). The number of anilines is 1. The normalized spacial score (nSPS) is 11.6. The topological polar surface area (TPSA) is 55.6 Å². The lowest BCUT2D eigenvalue weighted by Gasteiger charge is -2.18. The second-order valence-electron chi connectivity index (χ2n) is 5.32. The van der Waals surface area contributed by atoms with Gasteiger partial charge in [0.05, 0.1) is 10.7 Å². The second kappa shape index (κ2) is 5.28. The molecule has 0 saturated carbocycles. The van der Waals surface area contributed by atoms with Crippen LogP contribution in [-0.2, 0) is 5.41 Å². The number of rotatable bonds is 3. The lowest BCUT2D eigenvalue weighted by molar-refractivity contribution is 0.542. The molecule has 0 aliphatic carbocycles. The molecule has 2 heterocycles. The van der Waals surface area contributed by atoms with Gasteiger partial charge in [0, 0.05) is 24.2 Å². The Balaban J connectivity index is 2.51. The fourth-order valence-corrected chi connectivity index (χ4v) is 1.87. The maximum absolute atomic E-state index is 4.60. The molecule has 102 valence electrons. The van der Waals surface area contributed by atoms with Crippen molar-refractivity contribution < 1.29 is 0 Å². The van der Waals surface area contributed by atoms with Crippen molar-refractivity contribution in [3.63, 3.8) is 0 Å². The van der Waals surface area contributed by atoms with Gasteiger partial charge in [-0.05, 0) is 22.9 Å². The van der Waals surface area contributed by atoms with Crippen molar-refractivity contribution in [2.45, 2.75) is 33.1 Å². The van der Waals surface area contributed by atoms with E-state index in [0.717, 1.165) is 28.5 Å². The first-order valence-electron chi connectivity index (χ1n) is 6.24. The Hall–Kier alpha value is -1.43. The Morgan fingerprint density at radius 2 is 2.05 bits per heavy atom. The molecule has 2 rings (SSSR count). The Labute approximate surface area is 121 Å². The van der Waals surface area contributed by atoms with E-state index in [2.05, 4.69) is 57.1 Å². The molecular weight excluding hydrogens is 306 g/mol. The van der Waals surface area contributed by atoms with Crippen molar-refractivity contribution >= 4 is 21.7 Å². The van der Waals surface area contributed by atoms with Gasteiger partial charge in [-0.1, -0.05) is 20.8 Å². The monoisotopic (exact) mass is 323 g/mol. The lowest BCUT2D eigenvalue weighted by atomic mass is 9.96. The molecular formula is C13H18BrN5. The van der Waals surface area contributed by atoms with E-state index >= 15 is 0 Å². The first-order valence-corrected chi connectivity index (χ1v) is 7.03. The highest BCUT2D eigenvalue weighted by atomic mass is 79.9. The summed E-state index contributed by atoms with van der Waals surface area (Å²) in [5.74, 6) is 2.39. The Bertz CT molecular complexity index is 571. The number of hydrogen-bond donors (Lipinski definition) is 1. The van der Waals surface area contributed by atoms with Gasteiger partial charge in [0.15, 0.2) is 5.82 Å². The predicted molar refractivity (Wildman–Crippen MR) is 79.7 cm³/mol. The average molecular weight is 324 g/mol. The molecule has 5 nitrogen and oxygen atoms in total. The number of aromatic nitrogens is 4. The summed E-state index contributed by atoms with van der Waals surface area (Å²) in [6, 6.07) is 1.90. The average Bonchev–Trinajstić information content (AvgIpc) is 2.75. The molecule has 19 heavy (non-hydrogen) atoms. The number of nitrogens with one attached hydrogen (secondary N) is 1. The van der Waals surface area contributed by atoms with Gasteiger partial charge in [-0.3, -0.25) is 0 Å². The summed E-state index contributed by atoms with van der Waals surface area (Å²) in [4.78, 5) is 9.15. The van der Waals surface area contributed by atoms with Crippen LogP contribution in [0.4, 0.5) is 5.82 Å². The molecule has 0 unspecified atom stereocenters. The van der Waals surface area contributed by atoms with Gasteiger partial charge < -0.3 is 5.32 Å². The van der Waals surface area contributed by atoms with Gasteiger partial charge in [0.25, 0.3) is 0 Å². The van der Waals surface area contributed by atoms with E-state index in [-0.39, 0.29) is 5.41 Å². The third kappa shape index (κ3) is 3.32. The van der Waals surface area contributed by atoms with E-state index in [1.165, 1.54) is 0 Å². The van der Waals surface area contributed by atoms with Gasteiger partial charge in [0.2, 0.25) is 0 Å².